The molecule has 1 aliphatic rings. The molecule has 0 unspecified atom stereocenters. The van der Waals surface area contributed by atoms with Gasteiger partial charge in [-0.15, -0.1) is 0 Å². The Balaban J connectivity index is 1.19. The molecule has 0 aliphatic heterocycles. The van der Waals surface area contributed by atoms with Crippen molar-refractivity contribution in [3.63, 3.8) is 0 Å². The highest BCUT2D eigenvalue weighted by molar-refractivity contribution is 6.27. The minimum absolute atomic E-state index is 1.22. The Labute approximate surface area is 348 Å². The second-order valence-corrected chi connectivity index (χ2v) is 16.3. The van der Waals surface area contributed by atoms with Gasteiger partial charge in [0.15, 0.2) is 0 Å². The average molecular weight is 757 g/mol. The fourth-order valence-electron chi connectivity index (χ4n) is 10.5. The summed E-state index contributed by atoms with van der Waals surface area (Å²) in [5.74, 6) is 0. The smallest absolute Gasteiger partial charge is 0.00199 e. The van der Waals surface area contributed by atoms with Crippen LogP contribution in [0.3, 0.4) is 0 Å². The summed E-state index contributed by atoms with van der Waals surface area (Å²) >= 11 is 0. The van der Waals surface area contributed by atoms with Crippen molar-refractivity contribution in [3.05, 3.63) is 218 Å². The summed E-state index contributed by atoms with van der Waals surface area (Å²) in [6.45, 7) is 0. The summed E-state index contributed by atoms with van der Waals surface area (Å²) in [6, 6.07) is 81.6. The number of hydrogen-bond donors (Lipinski definition) is 0. The molecule has 0 atom stereocenters. The van der Waals surface area contributed by atoms with Gasteiger partial charge in [-0.2, -0.15) is 0 Å². The number of benzene rings is 12. The SMILES string of the molecule is c1ccc2c(c1)-c1cccc3c(-c4c5ccc(-c6cccc7ccccc67)cc5c(-c5ccc6ccccc6c5)c5ccc(-c6cccc7ccccc67)cc45)ccc-2c13. The van der Waals surface area contributed by atoms with E-state index in [2.05, 4.69) is 218 Å². The van der Waals surface area contributed by atoms with E-state index in [4.69, 9.17) is 0 Å². The van der Waals surface area contributed by atoms with Crippen LogP contribution >= 0.6 is 0 Å². The summed E-state index contributed by atoms with van der Waals surface area (Å²) in [4.78, 5) is 0. The average Bonchev–Trinajstić information content (AvgIpc) is 3.64. The minimum atomic E-state index is 1.22. The molecule has 0 N–H and O–H groups in total. The quantitative estimate of drug-likeness (QED) is 0.157. The second kappa shape index (κ2) is 12.9. The minimum Gasteiger partial charge on any atom is -0.0616 e. The van der Waals surface area contributed by atoms with Gasteiger partial charge in [0, 0.05) is 0 Å². The van der Waals surface area contributed by atoms with Gasteiger partial charge in [0.05, 0.1) is 0 Å². The summed E-state index contributed by atoms with van der Waals surface area (Å²) in [6.07, 6.45) is 0. The van der Waals surface area contributed by atoms with Crippen LogP contribution in [0.25, 0.3) is 131 Å². The molecule has 0 radical (unpaired) electrons. The van der Waals surface area contributed by atoms with Crippen LogP contribution in [0.2, 0.25) is 0 Å². The lowest BCUT2D eigenvalue weighted by molar-refractivity contribution is 1.65. The largest absolute Gasteiger partial charge is 0.0616 e. The van der Waals surface area contributed by atoms with Crippen LogP contribution in [0, 0.1) is 0 Å². The third-order valence-corrected chi connectivity index (χ3v) is 13.2. The number of hydrogen-bond acceptors (Lipinski definition) is 0. The first-order valence-electron chi connectivity index (χ1n) is 20.9. The summed E-state index contributed by atoms with van der Waals surface area (Å²) < 4.78 is 0. The second-order valence-electron chi connectivity index (χ2n) is 16.3. The molecule has 1 aliphatic carbocycles. The van der Waals surface area contributed by atoms with Crippen molar-refractivity contribution in [1.29, 1.82) is 0 Å². The number of rotatable bonds is 4. The van der Waals surface area contributed by atoms with Gasteiger partial charge in [0.2, 0.25) is 0 Å². The summed E-state index contributed by atoms with van der Waals surface area (Å²) in [5, 5.41) is 15.1. The molecule has 60 heavy (non-hydrogen) atoms. The molecule has 12 aromatic carbocycles. The van der Waals surface area contributed by atoms with Gasteiger partial charge in [-0.05, 0) is 150 Å². The topological polar surface area (TPSA) is 0 Å². The molecule has 0 fully saturated rings. The number of fused-ring (bicyclic) bond motifs is 8. The van der Waals surface area contributed by atoms with Crippen molar-refractivity contribution >= 4 is 64.6 Å². The molecule has 0 aromatic heterocycles. The van der Waals surface area contributed by atoms with E-state index in [0.29, 0.717) is 0 Å². The van der Waals surface area contributed by atoms with Crippen molar-refractivity contribution < 1.29 is 0 Å². The monoisotopic (exact) mass is 756 g/mol. The van der Waals surface area contributed by atoms with E-state index >= 15 is 0 Å². The zero-order valence-corrected chi connectivity index (χ0v) is 32.8. The first kappa shape index (κ1) is 33.2. The van der Waals surface area contributed by atoms with E-state index in [0.717, 1.165) is 0 Å². The highest BCUT2D eigenvalue weighted by Gasteiger charge is 2.25. The Bertz CT molecular complexity index is 3730. The Morgan fingerprint density at radius 3 is 1.32 bits per heavy atom. The molecule has 0 spiro atoms. The van der Waals surface area contributed by atoms with Crippen molar-refractivity contribution in [2.24, 2.45) is 0 Å². The molecule has 13 rings (SSSR count). The fourth-order valence-corrected chi connectivity index (χ4v) is 10.5. The van der Waals surface area contributed by atoms with Gasteiger partial charge in [0.25, 0.3) is 0 Å². The molecule has 0 saturated carbocycles. The van der Waals surface area contributed by atoms with E-state index in [9.17, 15) is 0 Å². The zero-order valence-electron chi connectivity index (χ0n) is 32.8. The van der Waals surface area contributed by atoms with Gasteiger partial charge in [-0.1, -0.05) is 200 Å². The maximum absolute atomic E-state index is 2.48. The molecular formula is C60H36. The highest BCUT2D eigenvalue weighted by atomic mass is 14.3. The van der Waals surface area contributed by atoms with Crippen LogP contribution in [0.5, 0.6) is 0 Å². The first-order chi connectivity index (χ1) is 29.8. The first-order valence-corrected chi connectivity index (χ1v) is 20.9. The molecular weight excluding hydrogens is 721 g/mol. The molecule has 276 valence electrons. The lowest BCUT2D eigenvalue weighted by Crippen LogP contribution is -1.94. The standard InChI is InChI=1S/C60H36/c1-2-15-40-34-43(27-26-37(40)12-1)58-54-30-28-42(47-23-10-17-39-14-4-6-19-45(39)47)36-57(54)60(53-33-32-52-49-21-8-7-20-48(49)50-24-11-25-51(53)59(50)52)55-31-29-41(35-56(55)58)46-22-9-16-38-13-3-5-18-44(38)46/h1-36H. The lowest BCUT2D eigenvalue weighted by atomic mass is 9.82. The molecule has 0 saturated heterocycles. The Hall–Kier alpha value is -7.80. The van der Waals surface area contributed by atoms with Gasteiger partial charge in [0.1, 0.15) is 0 Å². The van der Waals surface area contributed by atoms with Crippen molar-refractivity contribution in [2.75, 3.05) is 0 Å². The molecule has 12 aromatic rings. The van der Waals surface area contributed by atoms with Crippen molar-refractivity contribution in [1.82, 2.24) is 0 Å². The maximum Gasteiger partial charge on any atom is -0.00199 e. The van der Waals surface area contributed by atoms with Crippen molar-refractivity contribution in [2.45, 2.75) is 0 Å². The Kier molecular flexibility index (Phi) is 7.11. The predicted octanol–water partition coefficient (Wildman–Crippen LogP) is 16.9. The zero-order chi connectivity index (χ0) is 39.3. The van der Waals surface area contributed by atoms with Gasteiger partial charge < -0.3 is 0 Å². The molecule has 0 amide bonds. The van der Waals surface area contributed by atoms with E-state index < -0.39 is 0 Å². The van der Waals surface area contributed by atoms with Gasteiger partial charge in [-0.25, -0.2) is 0 Å². The van der Waals surface area contributed by atoms with E-state index in [1.807, 2.05) is 0 Å². The maximum atomic E-state index is 2.48. The summed E-state index contributed by atoms with van der Waals surface area (Å²) in [5.41, 5.74) is 15.2. The van der Waals surface area contributed by atoms with E-state index in [1.54, 1.807) is 0 Å². The van der Waals surface area contributed by atoms with Crippen LogP contribution in [-0.4, -0.2) is 0 Å². The van der Waals surface area contributed by atoms with E-state index in [-0.39, 0.29) is 0 Å². The van der Waals surface area contributed by atoms with Crippen LogP contribution in [0.1, 0.15) is 0 Å². The molecule has 0 nitrogen and oxygen atoms in total. The highest BCUT2D eigenvalue weighted by Crippen LogP contribution is 2.53. The molecule has 0 heterocycles. The van der Waals surface area contributed by atoms with Crippen LogP contribution in [0.4, 0.5) is 0 Å². The Morgan fingerprint density at radius 2 is 0.633 bits per heavy atom. The molecule has 0 bridgehead atoms. The normalized spacial score (nSPS) is 12.0. The third-order valence-electron chi connectivity index (χ3n) is 13.2. The van der Waals surface area contributed by atoms with Crippen LogP contribution in [0.15, 0.2) is 218 Å². The van der Waals surface area contributed by atoms with E-state index in [1.165, 1.54) is 131 Å². The van der Waals surface area contributed by atoms with Crippen LogP contribution in [-0.2, 0) is 0 Å². The fraction of sp³-hybridized carbons (Fsp3) is 0. The van der Waals surface area contributed by atoms with Crippen LogP contribution < -0.4 is 0 Å². The lowest BCUT2D eigenvalue weighted by Gasteiger charge is -2.21. The Morgan fingerprint density at radius 1 is 0.183 bits per heavy atom. The summed E-state index contributed by atoms with van der Waals surface area (Å²) in [7, 11) is 0. The molecule has 0 heteroatoms. The third kappa shape index (κ3) is 4.86. The van der Waals surface area contributed by atoms with Gasteiger partial charge >= 0.3 is 0 Å². The van der Waals surface area contributed by atoms with Crippen molar-refractivity contribution in [3.8, 4) is 66.8 Å². The van der Waals surface area contributed by atoms with Gasteiger partial charge in [-0.3, -0.25) is 0 Å². The predicted molar refractivity (Wildman–Crippen MR) is 258 cm³/mol.